The summed E-state index contributed by atoms with van der Waals surface area (Å²) in [4.78, 5) is 4.33. The zero-order valence-corrected chi connectivity index (χ0v) is 9.93. The van der Waals surface area contributed by atoms with Gasteiger partial charge in [0.15, 0.2) is 0 Å². The number of hydrogen-bond donors (Lipinski definition) is 2. The van der Waals surface area contributed by atoms with Crippen LogP contribution in [0.5, 0.6) is 0 Å². The van der Waals surface area contributed by atoms with Crippen LogP contribution in [-0.2, 0) is 0 Å². The van der Waals surface area contributed by atoms with E-state index < -0.39 is 0 Å². The number of halogens is 1. The molecule has 0 saturated heterocycles. The first-order chi connectivity index (χ1) is 6.66. The quantitative estimate of drug-likeness (QED) is 0.811. The molecule has 0 bridgehead atoms. The molecule has 1 aliphatic rings. The number of anilines is 2. The van der Waals surface area contributed by atoms with E-state index in [0.29, 0.717) is 12.0 Å². The maximum atomic E-state index is 4.33. The van der Waals surface area contributed by atoms with Gasteiger partial charge in [0, 0.05) is 23.3 Å². The molecule has 3 nitrogen and oxygen atoms in total. The van der Waals surface area contributed by atoms with Gasteiger partial charge in [-0.2, -0.15) is 0 Å². The SMILES string of the molecule is CC(C)C1CNc2cc(Br)cnc2N1. The first kappa shape index (κ1) is 9.77. The van der Waals surface area contributed by atoms with Crippen LogP contribution in [0.2, 0.25) is 0 Å². The minimum absolute atomic E-state index is 0.469. The molecule has 2 N–H and O–H groups in total. The highest BCUT2D eigenvalue weighted by Gasteiger charge is 2.20. The van der Waals surface area contributed by atoms with Gasteiger partial charge in [-0.15, -0.1) is 0 Å². The van der Waals surface area contributed by atoms with Crippen LogP contribution in [0, 0.1) is 5.92 Å². The Morgan fingerprint density at radius 3 is 3.07 bits per heavy atom. The van der Waals surface area contributed by atoms with Crippen molar-refractivity contribution < 1.29 is 0 Å². The maximum absolute atomic E-state index is 4.33. The minimum Gasteiger partial charge on any atom is -0.380 e. The van der Waals surface area contributed by atoms with Crippen molar-refractivity contribution in [3.63, 3.8) is 0 Å². The molecule has 0 aliphatic carbocycles. The lowest BCUT2D eigenvalue weighted by Gasteiger charge is -2.30. The first-order valence-electron chi connectivity index (χ1n) is 4.83. The van der Waals surface area contributed by atoms with Gasteiger partial charge in [-0.05, 0) is 27.9 Å². The van der Waals surface area contributed by atoms with Gasteiger partial charge in [0.1, 0.15) is 5.82 Å². The Labute approximate surface area is 92.4 Å². The third-order valence-corrected chi connectivity index (χ3v) is 2.93. The minimum atomic E-state index is 0.469. The monoisotopic (exact) mass is 255 g/mol. The van der Waals surface area contributed by atoms with E-state index >= 15 is 0 Å². The topological polar surface area (TPSA) is 37.0 Å². The van der Waals surface area contributed by atoms with Crippen molar-refractivity contribution in [3.8, 4) is 0 Å². The molecule has 0 fully saturated rings. The van der Waals surface area contributed by atoms with Gasteiger partial charge in [-0.1, -0.05) is 13.8 Å². The van der Waals surface area contributed by atoms with Crippen LogP contribution in [0.25, 0.3) is 0 Å². The highest BCUT2D eigenvalue weighted by Crippen LogP contribution is 2.28. The summed E-state index contributed by atoms with van der Waals surface area (Å²) in [7, 11) is 0. The second kappa shape index (κ2) is 3.77. The van der Waals surface area contributed by atoms with Crippen molar-refractivity contribution in [2.24, 2.45) is 5.92 Å². The molecule has 1 aliphatic heterocycles. The molecule has 76 valence electrons. The number of rotatable bonds is 1. The maximum Gasteiger partial charge on any atom is 0.149 e. The first-order valence-corrected chi connectivity index (χ1v) is 5.62. The summed E-state index contributed by atoms with van der Waals surface area (Å²) in [6.45, 7) is 5.38. The smallest absolute Gasteiger partial charge is 0.149 e. The third kappa shape index (κ3) is 1.85. The van der Waals surface area contributed by atoms with E-state index in [1.165, 1.54) is 0 Å². The summed E-state index contributed by atoms with van der Waals surface area (Å²) < 4.78 is 1.01. The van der Waals surface area contributed by atoms with Gasteiger partial charge in [0.2, 0.25) is 0 Å². The number of fused-ring (bicyclic) bond motifs is 1. The van der Waals surface area contributed by atoms with E-state index in [4.69, 9.17) is 0 Å². The van der Waals surface area contributed by atoms with Gasteiger partial charge in [0.25, 0.3) is 0 Å². The molecule has 4 heteroatoms. The zero-order valence-electron chi connectivity index (χ0n) is 8.34. The van der Waals surface area contributed by atoms with Gasteiger partial charge in [-0.3, -0.25) is 0 Å². The molecule has 0 saturated carbocycles. The average Bonchev–Trinajstić information content (AvgIpc) is 2.16. The second-order valence-electron chi connectivity index (χ2n) is 3.93. The van der Waals surface area contributed by atoms with Crippen molar-refractivity contribution >= 4 is 27.4 Å². The number of hydrogen-bond acceptors (Lipinski definition) is 3. The summed E-state index contributed by atoms with van der Waals surface area (Å²) in [5.74, 6) is 1.57. The number of nitrogens with zero attached hydrogens (tertiary/aromatic N) is 1. The predicted molar refractivity (Wildman–Crippen MR) is 62.7 cm³/mol. The lowest BCUT2D eigenvalue weighted by molar-refractivity contribution is 0.534. The van der Waals surface area contributed by atoms with Crippen LogP contribution in [-0.4, -0.2) is 17.6 Å². The molecular weight excluding hydrogens is 242 g/mol. The van der Waals surface area contributed by atoms with Crippen LogP contribution < -0.4 is 10.6 Å². The van der Waals surface area contributed by atoms with Gasteiger partial charge in [-0.25, -0.2) is 4.98 Å². The van der Waals surface area contributed by atoms with E-state index in [-0.39, 0.29) is 0 Å². The van der Waals surface area contributed by atoms with Crippen molar-refractivity contribution in [1.29, 1.82) is 0 Å². The predicted octanol–water partition coefficient (Wildman–Crippen LogP) is 2.71. The number of pyridine rings is 1. The highest BCUT2D eigenvalue weighted by atomic mass is 79.9. The summed E-state index contributed by atoms with van der Waals surface area (Å²) in [5, 5.41) is 6.81. The Balaban J connectivity index is 2.23. The molecular formula is C10H14BrN3. The molecule has 1 aromatic heterocycles. The Bertz CT molecular complexity index is 338. The fourth-order valence-corrected chi connectivity index (χ4v) is 1.87. The molecule has 14 heavy (non-hydrogen) atoms. The fraction of sp³-hybridized carbons (Fsp3) is 0.500. The van der Waals surface area contributed by atoms with Crippen LogP contribution in [0.1, 0.15) is 13.8 Å². The summed E-state index contributed by atoms with van der Waals surface area (Å²) in [6.07, 6.45) is 1.82. The van der Waals surface area contributed by atoms with E-state index in [1.807, 2.05) is 12.3 Å². The van der Waals surface area contributed by atoms with Crippen molar-refractivity contribution in [2.45, 2.75) is 19.9 Å². The molecule has 2 rings (SSSR count). The van der Waals surface area contributed by atoms with Gasteiger partial charge < -0.3 is 10.6 Å². The highest BCUT2D eigenvalue weighted by molar-refractivity contribution is 9.10. The van der Waals surface area contributed by atoms with Crippen molar-refractivity contribution in [2.75, 3.05) is 17.2 Å². The second-order valence-corrected chi connectivity index (χ2v) is 4.84. The lowest BCUT2D eigenvalue weighted by atomic mass is 10.0. The van der Waals surface area contributed by atoms with E-state index in [0.717, 1.165) is 22.5 Å². The number of aromatic nitrogens is 1. The van der Waals surface area contributed by atoms with Crippen LogP contribution in [0.15, 0.2) is 16.7 Å². The Morgan fingerprint density at radius 2 is 2.36 bits per heavy atom. The standard InChI is InChI=1S/C10H14BrN3/c1-6(2)9-5-12-8-3-7(11)4-13-10(8)14-9/h3-4,6,9,12H,5H2,1-2H3,(H,13,14). The molecule has 1 atom stereocenters. The Morgan fingerprint density at radius 1 is 1.57 bits per heavy atom. The summed E-state index contributed by atoms with van der Waals surface area (Å²) in [5.41, 5.74) is 1.08. The normalized spacial score (nSPS) is 19.9. The van der Waals surface area contributed by atoms with E-state index in [1.54, 1.807) is 0 Å². The van der Waals surface area contributed by atoms with Crippen LogP contribution in [0.3, 0.4) is 0 Å². The average molecular weight is 256 g/mol. The van der Waals surface area contributed by atoms with Crippen LogP contribution in [0.4, 0.5) is 11.5 Å². The molecule has 0 radical (unpaired) electrons. The molecule has 0 amide bonds. The van der Waals surface area contributed by atoms with Crippen LogP contribution >= 0.6 is 15.9 Å². The van der Waals surface area contributed by atoms with Crippen molar-refractivity contribution in [1.82, 2.24) is 4.98 Å². The van der Waals surface area contributed by atoms with Gasteiger partial charge in [0.05, 0.1) is 5.69 Å². The zero-order chi connectivity index (χ0) is 10.1. The fourth-order valence-electron chi connectivity index (χ4n) is 1.54. The molecule has 1 aromatic rings. The van der Waals surface area contributed by atoms with Gasteiger partial charge >= 0.3 is 0 Å². The van der Waals surface area contributed by atoms with Crippen molar-refractivity contribution in [3.05, 3.63) is 16.7 Å². The Kier molecular flexibility index (Phi) is 2.63. The van der Waals surface area contributed by atoms with E-state index in [9.17, 15) is 0 Å². The summed E-state index contributed by atoms with van der Waals surface area (Å²) in [6, 6.07) is 2.52. The third-order valence-electron chi connectivity index (χ3n) is 2.49. The molecule has 1 unspecified atom stereocenters. The molecule has 0 spiro atoms. The lowest BCUT2D eigenvalue weighted by Crippen LogP contribution is -2.37. The summed E-state index contributed by atoms with van der Waals surface area (Å²) >= 11 is 3.40. The number of nitrogens with one attached hydrogen (secondary N) is 2. The Hall–Kier alpha value is -0.770. The molecule has 0 aromatic carbocycles. The largest absolute Gasteiger partial charge is 0.380 e. The van der Waals surface area contributed by atoms with E-state index in [2.05, 4.69) is 45.4 Å². The molecule has 2 heterocycles.